The van der Waals surface area contributed by atoms with Gasteiger partial charge >= 0.3 is 0 Å². The molecule has 0 aliphatic heterocycles. The van der Waals surface area contributed by atoms with Crippen LogP contribution in [0.15, 0.2) is 22.0 Å². The fourth-order valence-electron chi connectivity index (χ4n) is 1.26. The summed E-state index contributed by atoms with van der Waals surface area (Å²) < 4.78 is 14.0. The van der Waals surface area contributed by atoms with Crippen molar-refractivity contribution >= 4 is 38.1 Å². The average molecular weight is 312 g/mol. The van der Waals surface area contributed by atoms with Gasteiger partial charge in [0.2, 0.25) is 0 Å². The van der Waals surface area contributed by atoms with E-state index in [9.17, 15) is 4.39 Å². The van der Waals surface area contributed by atoms with Crippen LogP contribution in [0.3, 0.4) is 0 Å². The first-order valence-electron chi connectivity index (χ1n) is 4.69. The summed E-state index contributed by atoms with van der Waals surface area (Å²) in [5.74, 6) is -0.489. The van der Waals surface area contributed by atoms with E-state index in [2.05, 4.69) is 26.2 Å². The predicted octanol–water partition coefficient (Wildman–Crippen LogP) is 3.97. The maximum absolute atomic E-state index is 13.9. The lowest BCUT2D eigenvalue weighted by atomic mass is 10.2. The maximum atomic E-state index is 13.9. The summed E-state index contributed by atoms with van der Waals surface area (Å²) in [6.07, 6.45) is 0. The first kappa shape index (κ1) is 12.0. The van der Waals surface area contributed by atoms with E-state index in [1.807, 2.05) is 18.4 Å². The van der Waals surface area contributed by atoms with Gasteiger partial charge in [0, 0.05) is 5.38 Å². The van der Waals surface area contributed by atoms with Crippen molar-refractivity contribution in [2.24, 2.45) is 0 Å². The number of hydrogen-bond donors (Lipinski definition) is 1. The van der Waals surface area contributed by atoms with Gasteiger partial charge in [0.1, 0.15) is 6.07 Å². The van der Waals surface area contributed by atoms with E-state index in [0.29, 0.717) is 10.8 Å². The van der Waals surface area contributed by atoms with E-state index in [-0.39, 0.29) is 10.0 Å². The second-order valence-electron chi connectivity index (χ2n) is 3.32. The molecular weight excluding hydrogens is 305 g/mol. The Hall–Kier alpha value is -1.45. The summed E-state index contributed by atoms with van der Waals surface area (Å²) >= 11 is 4.45. The summed E-state index contributed by atoms with van der Waals surface area (Å²) in [7, 11) is 0. The average Bonchev–Trinajstić information content (AvgIpc) is 2.71. The van der Waals surface area contributed by atoms with E-state index in [1.165, 1.54) is 17.4 Å². The molecule has 0 unspecified atom stereocenters. The molecule has 0 fully saturated rings. The van der Waals surface area contributed by atoms with Crippen molar-refractivity contribution in [1.29, 1.82) is 5.26 Å². The number of aromatic nitrogens is 1. The first-order valence-corrected chi connectivity index (χ1v) is 6.36. The normalized spacial score (nSPS) is 10.0. The van der Waals surface area contributed by atoms with Gasteiger partial charge in [0.05, 0.1) is 21.4 Å². The van der Waals surface area contributed by atoms with E-state index in [4.69, 9.17) is 5.26 Å². The topological polar surface area (TPSA) is 48.7 Å². The highest BCUT2D eigenvalue weighted by Gasteiger charge is 2.12. The lowest BCUT2D eigenvalue weighted by molar-refractivity contribution is 0.624. The van der Waals surface area contributed by atoms with Crippen LogP contribution < -0.4 is 5.32 Å². The number of aryl methyl sites for hydroxylation is 1. The number of anilines is 2. The SMILES string of the molecule is Cc1csc(Nc2ccc(C#N)c(Br)c2F)n1. The third-order valence-electron chi connectivity index (χ3n) is 2.06. The molecule has 17 heavy (non-hydrogen) atoms. The van der Waals surface area contributed by atoms with Gasteiger partial charge in [-0.25, -0.2) is 9.37 Å². The van der Waals surface area contributed by atoms with Crippen molar-refractivity contribution in [2.75, 3.05) is 5.32 Å². The molecule has 86 valence electrons. The fourth-order valence-corrected chi connectivity index (χ4v) is 2.39. The number of halogens is 2. The zero-order valence-corrected chi connectivity index (χ0v) is 11.2. The van der Waals surface area contributed by atoms with Crippen LogP contribution in [-0.4, -0.2) is 4.98 Å². The van der Waals surface area contributed by atoms with E-state index < -0.39 is 5.82 Å². The van der Waals surface area contributed by atoms with Crippen molar-refractivity contribution < 1.29 is 4.39 Å². The molecule has 6 heteroatoms. The fraction of sp³-hybridized carbons (Fsp3) is 0.0909. The first-order chi connectivity index (χ1) is 8.11. The van der Waals surface area contributed by atoms with Gasteiger partial charge in [-0.2, -0.15) is 5.26 Å². The molecule has 0 aliphatic carbocycles. The molecule has 0 atom stereocenters. The van der Waals surface area contributed by atoms with Gasteiger partial charge < -0.3 is 5.32 Å². The highest BCUT2D eigenvalue weighted by atomic mass is 79.9. The van der Waals surface area contributed by atoms with Crippen molar-refractivity contribution in [3.63, 3.8) is 0 Å². The largest absolute Gasteiger partial charge is 0.329 e. The minimum Gasteiger partial charge on any atom is -0.329 e. The van der Waals surface area contributed by atoms with Crippen molar-refractivity contribution in [3.8, 4) is 6.07 Å². The molecule has 2 aromatic rings. The molecule has 0 amide bonds. The molecule has 1 heterocycles. The van der Waals surface area contributed by atoms with Gasteiger partial charge in [-0.1, -0.05) is 0 Å². The molecular formula is C11H7BrFN3S. The quantitative estimate of drug-likeness (QED) is 0.913. The molecule has 0 saturated heterocycles. The summed E-state index contributed by atoms with van der Waals surface area (Å²) in [4.78, 5) is 4.18. The highest BCUT2D eigenvalue weighted by molar-refractivity contribution is 9.10. The van der Waals surface area contributed by atoms with Gasteiger partial charge in [-0.3, -0.25) is 0 Å². The number of thiazole rings is 1. The summed E-state index contributed by atoms with van der Waals surface area (Å²) in [5, 5.41) is 14.1. The van der Waals surface area contributed by atoms with Crippen LogP contribution in [-0.2, 0) is 0 Å². The van der Waals surface area contributed by atoms with Crippen LogP contribution in [0.2, 0.25) is 0 Å². The van der Waals surface area contributed by atoms with Crippen LogP contribution in [0.25, 0.3) is 0 Å². The number of rotatable bonds is 2. The van der Waals surface area contributed by atoms with Crippen LogP contribution in [0.1, 0.15) is 11.3 Å². The maximum Gasteiger partial charge on any atom is 0.187 e. The van der Waals surface area contributed by atoms with Gasteiger partial charge in [0.15, 0.2) is 10.9 Å². The standard InChI is InChI=1S/C11H7BrFN3S/c1-6-5-17-11(15-6)16-8-3-2-7(4-14)9(12)10(8)13/h2-3,5H,1H3,(H,15,16). The van der Waals surface area contributed by atoms with Gasteiger partial charge in [-0.15, -0.1) is 11.3 Å². The van der Waals surface area contributed by atoms with Crippen LogP contribution in [0.4, 0.5) is 15.2 Å². The van der Waals surface area contributed by atoms with Crippen LogP contribution in [0, 0.1) is 24.1 Å². The predicted molar refractivity (Wildman–Crippen MR) is 68.9 cm³/mol. The molecule has 0 saturated carbocycles. The summed E-state index contributed by atoms with van der Waals surface area (Å²) in [6.45, 7) is 1.87. The third-order valence-corrected chi connectivity index (χ3v) is 3.71. The highest BCUT2D eigenvalue weighted by Crippen LogP contribution is 2.29. The second kappa shape index (κ2) is 4.82. The minimum absolute atomic E-state index is 0.165. The van der Waals surface area contributed by atoms with Crippen molar-refractivity contribution in [2.45, 2.75) is 6.92 Å². The Balaban J connectivity index is 2.35. The zero-order chi connectivity index (χ0) is 12.4. The Morgan fingerprint density at radius 1 is 1.53 bits per heavy atom. The Labute approximate surface area is 110 Å². The molecule has 0 aliphatic rings. The molecule has 1 aromatic carbocycles. The Morgan fingerprint density at radius 2 is 2.29 bits per heavy atom. The molecule has 0 spiro atoms. The number of nitrogens with zero attached hydrogens (tertiary/aromatic N) is 2. The Bertz CT molecular complexity index is 603. The third kappa shape index (κ3) is 2.46. The minimum atomic E-state index is -0.489. The molecule has 0 radical (unpaired) electrons. The molecule has 1 N–H and O–H groups in total. The molecule has 3 nitrogen and oxygen atoms in total. The molecule has 0 bridgehead atoms. The Kier molecular flexibility index (Phi) is 3.41. The summed E-state index contributed by atoms with van der Waals surface area (Å²) in [6, 6.07) is 4.98. The summed E-state index contributed by atoms with van der Waals surface area (Å²) in [5.41, 5.74) is 1.44. The number of nitriles is 1. The van der Waals surface area contributed by atoms with Crippen LogP contribution >= 0.6 is 27.3 Å². The van der Waals surface area contributed by atoms with E-state index in [1.54, 1.807) is 6.07 Å². The molecule has 1 aromatic heterocycles. The number of nitrogens with one attached hydrogen (secondary N) is 1. The number of hydrogen-bond acceptors (Lipinski definition) is 4. The Morgan fingerprint density at radius 3 is 2.88 bits per heavy atom. The van der Waals surface area contributed by atoms with Crippen molar-refractivity contribution in [3.05, 3.63) is 39.1 Å². The molecule has 2 rings (SSSR count). The number of benzene rings is 1. The van der Waals surface area contributed by atoms with E-state index in [0.717, 1.165) is 5.69 Å². The lowest BCUT2D eigenvalue weighted by Crippen LogP contribution is -1.95. The van der Waals surface area contributed by atoms with E-state index >= 15 is 0 Å². The lowest BCUT2D eigenvalue weighted by Gasteiger charge is -2.06. The van der Waals surface area contributed by atoms with Gasteiger partial charge in [-0.05, 0) is 35.0 Å². The second-order valence-corrected chi connectivity index (χ2v) is 4.97. The van der Waals surface area contributed by atoms with Gasteiger partial charge in [0.25, 0.3) is 0 Å². The van der Waals surface area contributed by atoms with Crippen LogP contribution in [0.5, 0.6) is 0 Å². The smallest absolute Gasteiger partial charge is 0.187 e. The van der Waals surface area contributed by atoms with Crippen molar-refractivity contribution in [1.82, 2.24) is 4.98 Å². The monoisotopic (exact) mass is 311 g/mol. The zero-order valence-electron chi connectivity index (χ0n) is 8.79.